The lowest BCUT2D eigenvalue weighted by molar-refractivity contribution is -0.497. The van der Waals surface area contributed by atoms with Crippen molar-refractivity contribution in [1.82, 2.24) is 5.43 Å². The summed E-state index contributed by atoms with van der Waals surface area (Å²) in [6.07, 6.45) is 0.192. The van der Waals surface area contributed by atoms with E-state index in [2.05, 4.69) is 10.9 Å². The molecule has 9 nitrogen and oxygen atoms in total. The second-order valence-corrected chi connectivity index (χ2v) is 4.08. The number of nitro benzene ring substituents is 1. The fourth-order valence-corrected chi connectivity index (χ4v) is 1.66. The minimum Gasteiger partial charge on any atom is -0.292 e. The van der Waals surface area contributed by atoms with Crippen LogP contribution in [0.5, 0.6) is 0 Å². The van der Waals surface area contributed by atoms with Crippen molar-refractivity contribution in [1.29, 1.82) is 0 Å². The Hall–Kier alpha value is -2.71. The number of nitrogens with one attached hydrogen (secondary N) is 2. The molecule has 1 saturated carbocycles. The van der Waals surface area contributed by atoms with Crippen LogP contribution in [-0.2, 0) is 4.79 Å². The fourth-order valence-electron chi connectivity index (χ4n) is 1.66. The van der Waals surface area contributed by atoms with Crippen molar-refractivity contribution in [3.8, 4) is 0 Å². The summed E-state index contributed by atoms with van der Waals surface area (Å²) in [5.74, 6) is -1.22. The highest BCUT2D eigenvalue weighted by Gasteiger charge is 2.53. The lowest BCUT2D eigenvalue weighted by atomic mass is 10.3. The molecule has 1 aromatic rings. The largest absolute Gasteiger partial charge is 0.294 e. The van der Waals surface area contributed by atoms with Crippen molar-refractivity contribution >= 4 is 17.3 Å². The second-order valence-electron chi connectivity index (χ2n) is 4.08. The Balaban J connectivity index is 1.95. The first-order valence-corrected chi connectivity index (χ1v) is 5.43. The van der Waals surface area contributed by atoms with E-state index in [0.29, 0.717) is 0 Å². The van der Waals surface area contributed by atoms with E-state index in [9.17, 15) is 25.0 Å². The molecule has 0 aliphatic heterocycles. The van der Waals surface area contributed by atoms with Crippen molar-refractivity contribution in [3.05, 3.63) is 44.5 Å². The monoisotopic (exact) mass is 266 g/mol. The van der Waals surface area contributed by atoms with E-state index in [1.807, 2.05) is 0 Å². The smallest absolute Gasteiger partial charge is 0.292 e. The van der Waals surface area contributed by atoms with E-state index >= 15 is 0 Å². The van der Waals surface area contributed by atoms with Crippen LogP contribution in [0.1, 0.15) is 6.42 Å². The number of carbonyl (C=O) groups is 1. The molecule has 0 bridgehead atoms. The highest BCUT2D eigenvalue weighted by atomic mass is 16.6. The molecule has 0 aromatic heterocycles. The molecule has 0 heterocycles. The van der Waals surface area contributed by atoms with Gasteiger partial charge in [0.15, 0.2) is 0 Å². The van der Waals surface area contributed by atoms with Gasteiger partial charge in [-0.05, 0) is 6.07 Å². The molecule has 1 aliphatic carbocycles. The van der Waals surface area contributed by atoms with Gasteiger partial charge in [-0.1, -0.05) is 12.1 Å². The van der Waals surface area contributed by atoms with Gasteiger partial charge in [-0.15, -0.1) is 0 Å². The van der Waals surface area contributed by atoms with E-state index in [1.54, 1.807) is 6.07 Å². The van der Waals surface area contributed by atoms with Gasteiger partial charge in [0.2, 0.25) is 11.9 Å². The van der Waals surface area contributed by atoms with Crippen molar-refractivity contribution < 1.29 is 14.6 Å². The lowest BCUT2D eigenvalue weighted by Crippen LogP contribution is -2.32. The zero-order valence-corrected chi connectivity index (χ0v) is 9.61. The minimum atomic E-state index is -0.854. The number of hydrogen-bond donors (Lipinski definition) is 2. The number of hydrogen-bond acceptors (Lipinski definition) is 6. The van der Waals surface area contributed by atoms with Gasteiger partial charge in [0.25, 0.3) is 5.69 Å². The molecular weight excluding hydrogens is 256 g/mol. The first kappa shape index (κ1) is 12.7. The Morgan fingerprint density at radius 3 is 2.53 bits per heavy atom. The van der Waals surface area contributed by atoms with Crippen LogP contribution in [0.15, 0.2) is 24.3 Å². The van der Waals surface area contributed by atoms with Crippen molar-refractivity contribution in [3.63, 3.8) is 0 Å². The molecule has 0 spiro atoms. The van der Waals surface area contributed by atoms with Crippen LogP contribution in [-0.4, -0.2) is 21.8 Å². The zero-order chi connectivity index (χ0) is 14.0. The molecule has 0 radical (unpaired) electrons. The Labute approximate surface area is 106 Å². The molecule has 2 rings (SSSR count). The molecular formula is C10H10N4O5. The van der Waals surface area contributed by atoms with Gasteiger partial charge in [0.1, 0.15) is 11.6 Å². The molecule has 1 amide bonds. The molecule has 100 valence electrons. The minimum absolute atomic E-state index is 0.124. The summed E-state index contributed by atoms with van der Waals surface area (Å²) in [6, 6.07) is 4.92. The first-order chi connectivity index (χ1) is 9.00. The number of nitrogens with zero attached hydrogens (tertiary/aromatic N) is 2. The maximum absolute atomic E-state index is 11.5. The third-order valence-electron chi connectivity index (χ3n) is 2.79. The number of rotatable bonds is 5. The van der Waals surface area contributed by atoms with Gasteiger partial charge < -0.3 is 0 Å². The van der Waals surface area contributed by atoms with Gasteiger partial charge in [-0.3, -0.25) is 35.9 Å². The Morgan fingerprint density at radius 2 is 1.95 bits per heavy atom. The summed E-state index contributed by atoms with van der Waals surface area (Å²) >= 11 is 0. The number of para-hydroxylation sites is 2. The van der Waals surface area contributed by atoms with E-state index in [1.165, 1.54) is 18.2 Å². The molecule has 1 aromatic carbocycles. The van der Waals surface area contributed by atoms with Gasteiger partial charge in [-0.25, -0.2) is 0 Å². The zero-order valence-electron chi connectivity index (χ0n) is 9.61. The van der Waals surface area contributed by atoms with Crippen molar-refractivity contribution in [2.75, 3.05) is 5.43 Å². The number of anilines is 1. The summed E-state index contributed by atoms with van der Waals surface area (Å²) in [4.78, 5) is 31.6. The molecule has 2 N–H and O–H groups in total. The quantitative estimate of drug-likeness (QED) is 0.596. The molecule has 0 saturated heterocycles. The summed E-state index contributed by atoms with van der Waals surface area (Å²) in [5, 5.41) is 21.1. The lowest BCUT2D eigenvalue weighted by Gasteiger charge is -2.07. The van der Waals surface area contributed by atoms with Crippen LogP contribution in [0, 0.1) is 26.1 Å². The maximum Gasteiger partial charge on any atom is 0.294 e. The average molecular weight is 266 g/mol. The van der Waals surface area contributed by atoms with Gasteiger partial charge in [0, 0.05) is 17.4 Å². The summed E-state index contributed by atoms with van der Waals surface area (Å²) < 4.78 is 0. The van der Waals surface area contributed by atoms with Crippen molar-refractivity contribution in [2.24, 2.45) is 5.92 Å². The number of nitro groups is 2. The highest BCUT2D eigenvalue weighted by molar-refractivity contribution is 5.83. The van der Waals surface area contributed by atoms with Gasteiger partial charge in [0.05, 0.1) is 4.92 Å². The molecule has 1 fully saturated rings. The first-order valence-electron chi connectivity index (χ1n) is 5.43. The molecule has 2 atom stereocenters. The Morgan fingerprint density at radius 1 is 1.26 bits per heavy atom. The third-order valence-corrected chi connectivity index (χ3v) is 2.79. The van der Waals surface area contributed by atoms with E-state index in [0.717, 1.165) is 0 Å². The van der Waals surface area contributed by atoms with Gasteiger partial charge in [-0.2, -0.15) is 0 Å². The van der Waals surface area contributed by atoms with E-state index in [-0.39, 0.29) is 17.8 Å². The average Bonchev–Trinajstić information content (AvgIpc) is 3.16. The predicted molar refractivity (Wildman–Crippen MR) is 63.8 cm³/mol. The van der Waals surface area contributed by atoms with Crippen LogP contribution in [0.2, 0.25) is 0 Å². The maximum atomic E-state index is 11.5. The normalized spacial score (nSPS) is 20.4. The Bertz CT molecular complexity index is 546. The van der Waals surface area contributed by atoms with E-state index in [4.69, 9.17) is 0 Å². The third kappa shape index (κ3) is 2.76. The molecule has 9 heteroatoms. The van der Waals surface area contributed by atoms with Crippen LogP contribution in [0.3, 0.4) is 0 Å². The summed E-state index contributed by atoms with van der Waals surface area (Å²) in [6.45, 7) is 0. The topological polar surface area (TPSA) is 127 Å². The molecule has 1 aliphatic rings. The number of benzene rings is 1. The SMILES string of the molecule is O=C(NNc1ccccc1[N+](=O)[O-])[C@H]1C[C@@H]1[N+](=O)[O-]. The summed E-state index contributed by atoms with van der Waals surface area (Å²) in [7, 11) is 0. The number of hydrazine groups is 1. The Kier molecular flexibility index (Phi) is 3.27. The van der Waals surface area contributed by atoms with Crippen LogP contribution < -0.4 is 10.9 Å². The van der Waals surface area contributed by atoms with Gasteiger partial charge >= 0.3 is 0 Å². The standard InChI is InChI=1S/C10H10N4O5/c15-10(6-5-9(6)14(18)19)12-11-7-3-1-2-4-8(7)13(16)17/h1-4,6,9,11H,5H2,(H,12,15)/t6-,9-/m0/s1. The van der Waals surface area contributed by atoms with Crippen LogP contribution in [0.4, 0.5) is 11.4 Å². The van der Waals surface area contributed by atoms with Crippen LogP contribution in [0.25, 0.3) is 0 Å². The molecule has 0 unspecified atom stereocenters. The van der Waals surface area contributed by atoms with E-state index < -0.39 is 27.7 Å². The predicted octanol–water partition coefficient (Wildman–Crippen LogP) is 0.703. The number of amides is 1. The molecule has 19 heavy (non-hydrogen) atoms. The highest BCUT2D eigenvalue weighted by Crippen LogP contribution is 2.33. The summed E-state index contributed by atoms with van der Waals surface area (Å²) in [5.41, 5.74) is 4.59. The fraction of sp³-hybridized carbons (Fsp3) is 0.300. The number of carbonyl (C=O) groups excluding carboxylic acids is 1. The van der Waals surface area contributed by atoms with Crippen molar-refractivity contribution in [2.45, 2.75) is 12.5 Å². The second kappa shape index (κ2) is 4.88. The van der Waals surface area contributed by atoms with Crippen LogP contribution >= 0.6 is 0 Å².